The van der Waals surface area contributed by atoms with E-state index in [4.69, 9.17) is 4.74 Å². The lowest BCUT2D eigenvalue weighted by atomic mass is 9.98. The van der Waals surface area contributed by atoms with Gasteiger partial charge in [0.05, 0.1) is 24.3 Å². The van der Waals surface area contributed by atoms with Crippen LogP contribution in [0, 0.1) is 12.8 Å². The van der Waals surface area contributed by atoms with Gasteiger partial charge in [0.25, 0.3) is 0 Å². The first-order valence-corrected chi connectivity index (χ1v) is 11.0. The average Bonchev–Trinajstić information content (AvgIpc) is 3.21. The first-order valence-electron chi connectivity index (χ1n) is 11.0. The monoisotopic (exact) mass is 447 g/mol. The van der Waals surface area contributed by atoms with Gasteiger partial charge in [0.2, 0.25) is 11.8 Å². The smallest absolute Gasteiger partial charge is 0.244 e. The second kappa shape index (κ2) is 10.2. The van der Waals surface area contributed by atoms with Crippen LogP contribution in [0.15, 0.2) is 67.0 Å². The van der Waals surface area contributed by atoms with Crippen LogP contribution in [-0.4, -0.2) is 59.8 Å². The highest BCUT2D eigenvalue weighted by atomic mass is 16.5. The lowest BCUT2D eigenvalue weighted by Crippen LogP contribution is -2.52. The SMILES string of the molecule is Cc1ccc(OCCN(C)C(=O)Cn2cc(NC(=O)C3CN(c4ccccc4)C3)cn2)cc1. The molecular formula is C25H29N5O3. The second-order valence-corrected chi connectivity index (χ2v) is 8.33. The number of likely N-dealkylation sites (N-methyl/N-ethyl adjacent to an activating group) is 1. The number of rotatable bonds is 9. The number of hydrogen-bond acceptors (Lipinski definition) is 5. The Morgan fingerprint density at radius 1 is 1.12 bits per heavy atom. The molecule has 8 nitrogen and oxygen atoms in total. The summed E-state index contributed by atoms with van der Waals surface area (Å²) in [5.41, 5.74) is 2.89. The Morgan fingerprint density at radius 2 is 1.85 bits per heavy atom. The predicted octanol–water partition coefficient (Wildman–Crippen LogP) is 2.80. The molecule has 2 amide bonds. The van der Waals surface area contributed by atoms with Crippen molar-refractivity contribution in [2.75, 3.05) is 43.5 Å². The molecule has 3 aromatic rings. The maximum Gasteiger partial charge on any atom is 0.244 e. The van der Waals surface area contributed by atoms with E-state index in [0.29, 0.717) is 31.9 Å². The summed E-state index contributed by atoms with van der Waals surface area (Å²) in [5, 5.41) is 7.11. The maximum absolute atomic E-state index is 12.5. The fourth-order valence-corrected chi connectivity index (χ4v) is 3.57. The first kappa shape index (κ1) is 22.4. The Bertz CT molecular complexity index is 1070. The molecule has 2 heterocycles. The minimum absolute atomic E-state index is 0.0292. The van der Waals surface area contributed by atoms with E-state index in [2.05, 4.69) is 15.3 Å². The Balaban J connectivity index is 1.18. The summed E-state index contributed by atoms with van der Waals surface area (Å²) in [7, 11) is 1.74. The van der Waals surface area contributed by atoms with Crippen LogP contribution in [0.5, 0.6) is 5.75 Å². The van der Waals surface area contributed by atoms with E-state index >= 15 is 0 Å². The lowest BCUT2D eigenvalue weighted by molar-refractivity contribution is -0.131. The van der Waals surface area contributed by atoms with Gasteiger partial charge in [-0.2, -0.15) is 5.10 Å². The quantitative estimate of drug-likeness (QED) is 0.546. The lowest BCUT2D eigenvalue weighted by Gasteiger charge is -2.39. The summed E-state index contributed by atoms with van der Waals surface area (Å²) < 4.78 is 7.22. The van der Waals surface area contributed by atoms with Crippen LogP contribution in [0.4, 0.5) is 11.4 Å². The molecule has 172 valence electrons. The zero-order valence-electron chi connectivity index (χ0n) is 19.0. The summed E-state index contributed by atoms with van der Waals surface area (Å²) in [4.78, 5) is 28.8. The number of carbonyl (C=O) groups is 2. The number of aryl methyl sites for hydroxylation is 1. The highest BCUT2D eigenvalue weighted by Gasteiger charge is 2.32. The fourth-order valence-electron chi connectivity index (χ4n) is 3.57. The minimum Gasteiger partial charge on any atom is -0.492 e. The molecule has 0 radical (unpaired) electrons. The van der Waals surface area contributed by atoms with Gasteiger partial charge in [-0.15, -0.1) is 0 Å². The van der Waals surface area contributed by atoms with Crippen molar-refractivity contribution in [2.45, 2.75) is 13.5 Å². The Morgan fingerprint density at radius 3 is 2.58 bits per heavy atom. The number of ether oxygens (including phenoxy) is 1. The molecule has 1 fully saturated rings. The topological polar surface area (TPSA) is 79.7 Å². The minimum atomic E-state index is -0.0824. The fraction of sp³-hybridized carbons (Fsp3) is 0.320. The number of aromatic nitrogens is 2. The molecule has 33 heavy (non-hydrogen) atoms. The molecule has 1 aromatic heterocycles. The molecule has 8 heteroatoms. The third-order valence-electron chi connectivity index (χ3n) is 5.71. The Kier molecular flexibility index (Phi) is 6.92. The summed E-state index contributed by atoms with van der Waals surface area (Å²) in [6.07, 6.45) is 3.25. The van der Waals surface area contributed by atoms with Crippen LogP contribution in [0.25, 0.3) is 0 Å². The number of anilines is 2. The van der Waals surface area contributed by atoms with Crippen molar-refractivity contribution in [3.05, 3.63) is 72.6 Å². The number of para-hydroxylation sites is 1. The highest BCUT2D eigenvalue weighted by Crippen LogP contribution is 2.25. The van der Waals surface area contributed by atoms with Gasteiger partial charge in [-0.1, -0.05) is 35.9 Å². The van der Waals surface area contributed by atoms with E-state index in [0.717, 1.165) is 11.4 Å². The van der Waals surface area contributed by atoms with Gasteiger partial charge in [0, 0.05) is 32.0 Å². The van der Waals surface area contributed by atoms with E-state index in [1.165, 1.54) is 10.2 Å². The summed E-state index contributed by atoms with van der Waals surface area (Å²) in [6.45, 7) is 4.39. The summed E-state index contributed by atoms with van der Waals surface area (Å²) in [6, 6.07) is 17.9. The van der Waals surface area contributed by atoms with Crippen molar-refractivity contribution in [2.24, 2.45) is 5.92 Å². The van der Waals surface area contributed by atoms with Crippen molar-refractivity contribution in [1.29, 1.82) is 0 Å². The van der Waals surface area contributed by atoms with Gasteiger partial charge in [0.1, 0.15) is 18.9 Å². The van der Waals surface area contributed by atoms with E-state index in [-0.39, 0.29) is 24.3 Å². The van der Waals surface area contributed by atoms with Crippen LogP contribution in [0.2, 0.25) is 0 Å². The van der Waals surface area contributed by atoms with Crippen LogP contribution < -0.4 is 15.0 Å². The van der Waals surface area contributed by atoms with Crippen LogP contribution in [0.3, 0.4) is 0 Å². The van der Waals surface area contributed by atoms with Crippen molar-refractivity contribution in [1.82, 2.24) is 14.7 Å². The van der Waals surface area contributed by atoms with Crippen molar-refractivity contribution in [3.63, 3.8) is 0 Å². The van der Waals surface area contributed by atoms with Gasteiger partial charge >= 0.3 is 0 Å². The number of nitrogens with zero attached hydrogens (tertiary/aromatic N) is 4. The van der Waals surface area contributed by atoms with Crippen LogP contribution in [0.1, 0.15) is 5.56 Å². The molecule has 2 aromatic carbocycles. The van der Waals surface area contributed by atoms with Gasteiger partial charge in [-0.3, -0.25) is 14.3 Å². The molecule has 0 atom stereocenters. The molecule has 1 N–H and O–H groups in total. The van der Waals surface area contributed by atoms with Crippen LogP contribution >= 0.6 is 0 Å². The van der Waals surface area contributed by atoms with E-state index < -0.39 is 0 Å². The van der Waals surface area contributed by atoms with Crippen LogP contribution in [-0.2, 0) is 16.1 Å². The second-order valence-electron chi connectivity index (χ2n) is 8.33. The highest BCUT2D eigenvalue weighted by molar-refractivity contribution is 5.94. The predicted molar refractivity (Wildman–Crippen MR) is 127 cm³/mol. The zero-order chi connectivity index (χ0) is 23.2. The van der Waals surface area contributed by atoms with Crippen molar-refractivity contribution >= 4 is 23.2 Å². The third kappa shape index (κ3) is 5.91. The number of nitrogens with one attached hydrogen (secondary N) is 1. The Hall–Kier alpha value is -3.81. The van der Waals surface area contributed by atoms with Gasteiger partial charge < -0.3 is 19.9 Å². The summed E-state index contributed by atoms with van der Waals surface area (Å²) >= 11 is 0. The number of benzene rings is 2. The first-order chi connectivity index (χ1) is 16.0. The Labute approximate surface area is 193 Å². The molecule has 0 unspecified atom stereocenters. The number of carbonyl (C=O) groups excluding carboxylic acids is 2. The van der Waals surface area contributed by atoms with E-state index in [1.807, 2.05) is 61.5 Å². The van der Waals surface area contributed by atoms with Gasteiger partial charge in [-0.25, -0.2) is 0 Å². The molecular weight excluding hydrogens is 418 g/mol. The summed E-state index contributed by atoms with van der Waals surface area (Å²) in [5.74, 6) is 0.613. The maximum atomic E-state index is 12.5. The van der Waals surface area contributed by atoms with Crippen molar-refractivity contribution < 1.29 is 14.3 Å². The molecule has 1 aliphatic heterocycles. The average molecular weight is 448 g/mol. The largest absolute Gasteiger partial charge is 0.492 e. The number of amides is 2. The molecule has 1 aliphatic rings. The standard InChI is InChI=1S/C25H29N5O3/c1-19-8-10-23(11-9-19)33-13-12-28(2)24(31)18-30-17-21(14-26-30)27-25(32)20-15-29(16-20)22-6-4-3-5-7-22/h3-11,14,17,20H,12-13,15-16,18H2,1-2H3,(H,27,32). The van der Waals surface area contributed by atoms with E-state index in [1.54, 1.807) is 24.3 Å². The normalized spacial score (nSPS) is 13.3. The molecule has 1 saturated heterocycles. The molecule has 4 rings (SSSR count). The van der Waals surface area contributed by atoms with Crippen molar-refractivity contribution in [3.8, 4) is 5.75 Å². The third-order valence-corrected chi connectivity index (χ3v) is 5.71. The molecule has 0 aliphatic carbocycles. The number of hydrogen-bond donors (Lipinski definition) is 1. The van der Waals surface area contributed by atoms with Gasteiger partial charge in [0.15, 0.2) is 0 Å². The molecule has 0 bridgehead atoms. The van der Waals surface area contributed by atoms with E-state index in [9.17, 15) is 9.59 Å². The zero-order valence-corrected chi connectivity index (χ0v) is 19.0. The molecule has 0 spiro atoms. The molecule has 0 saturated carbocycles. The van der Waals surface area contributed by atoms with Gasteiger partial charge in [-0.05, 0) is 31.2 Å².